The first-order valence-electron chi connectivity index (χ1n) is 8.24. The highest BCUT2D eigenvalue weighted by molar-refractivity contribution is 7.71. The van der Waals surface area contributed by atoms with E-state index in [0.717, 1.165) is 11.6 Å². The molecule has 0 fully saturated rings. The second-order valence-corrected chi connectivity index (χ2v) is 6.45. The zero-order chi connectivity index (χ0) is 19.7. The summed E-state index contributed by atoms with van der Waals surface area (Å²) in [4.78, 5) is 0. The molecule has 0 radical (unpaired) electrons. The van der Waals surface area contributed by atoms with Gasteiger partial charge in [-0.1, -0.05) is 30.3 Å². The van der Waals surface area contributed by atoms with Crippen LogP contribution in [-0.2, 0) is 19.3 Å². The van der Waals surface area contributed by atoms with E-state index >= 15 is 0 Å². The minimum Gasteiger partial charge on any atom is -0.267 e. The van der Waals surface area contributed by atoms with Gasteiger partial charge in [0.1, 0.15) is 6.54 Å². The number of alkyl halides is 3. The van der Waals surface area contributed by atoms with Crippen molar-refractivity contribution >= 4 is 12.2 Å². The molecular weight excluding hydrogens is 391 g/mol. The number of benzene rings is 1. The molecule has 0 saturated carbocycles. The maximum absolute atomic E-state index is 12.7. The van der Waals surface area contributed by atoms with Crippen LogP contribution in [0.4, 0.5) is 13.2 Å². The lowest BCUT2D eigenvalue weighted by Crippen LogP contribution is -2.11. The van der Waals surface area contributed by atoms with Crippen molar-refractivity contribution in [1.29, 1.82) is 0 Å². The number of halogens is 3. The van der Waals surface area contributed by atoms with Crippen molar-refractivity contribution < 1.29 is 13.2 Å². The molecule has 28 heavy (non-hydrogen) atoms. The molecule has 0 atom stereocenters. The van der Waals surface area contributed by atoms with Gasteiger partial charge < -0.3 is 0 Å². The quantitative estimate of drug-likeness (QED) is 0.517. The van der Waals surface area contributed by atoms with E-state index < -0.39 is 11.9 Å². The van der Waals surface area contributed by atoms with Crippen molar-refractivity contribution in [2.75, 3.05) is 0 Å². The lowest BCUT2D eigenvalue weighted by molar-refractivity contribution is -0.141. The van der Waals surface area contributed by atoms with E-state index in [1.165, 1.54) is 10.9 Å². The fourth-order valence-corrected chi connectivity index (χ4v) is 3.03. The average molecular weight is 405 g/mol. The van der Waals surface area contributed by atoms with Crippen molar-refractivity contribution in [1.82, 2.24) is 34.3 Å². The third kappa shape index (κ3) is 3.74. The van der Waals surface area contributed by atoms with E-state index in [9.17, 15) is 13.2 Å². The van der Waals surface area contributed by atoms with E-state index in [1.807, 2.05) is 30.3 Å². The second-order valence-electron chi connectivity index (χ2n) is 6.06. The molecule has 0 aliphatic carbocycles. The lowest BCUT2D eigenvalue weighted by Gasteiger charge is -2.05. The molecule has 1 aromatic carbocycles. The Balaban J connectivity index is 1.59. The maximum atomic E-state index is 12.7. The van der Waals surface area contributed by atoms with Crippen LogP contribution in [0.1, 0.15) is 17.1 Å². The first kappa shape index (κ1) is 18.2. The van der Waals surface area contributed by atoms with Gasteiger partial charge in [0.25, 0.3) is 0 Å². The van der Waals surface area contributed by atoms with Gasteiger partial charge in [-0.25, -0.2) is 0 Å². The van der Waals surface area contributed by atoms with Crippen molar-refractivity contribution in [3.05, 3.63) is 76.8 Å². The third-order valence-electron chi connectivity index (χ3n) is 4.04. The van der Waals surface area contributed by atoms with Gasteiger partial charge >= 0.3 is 6.18 Å². The molecule has 144 valence electrons. The summed E-state index contributed by atoms with van der Waals surface area (Å²) in [6.07, 6.45) is 0.187. The minimum absolute atomic E-state index is 0.0209. The standard InChI is InChI=1S/C17H14F3N7S/c18-17(19,20)14-6-7-25(24-14)11-15-22-23-16(28)27(15)13-8-21-26(10-13)9-12-4-2-1-3-5-12/h1-8,10H,9,11H2,(H,23,28). The van der Waals surface area contributed by atoms with Gasteiger partial charge in [-0.05, 0) is 23.8 Å². The Kier molecular flexibility index (Phi) is 4.59. The molecule has 0 spiro atoms. The summed E-state index contributed by atoms with van der Waals surface area (Å²) in [7, 11) is 0. The minimum atomic E-state index is -4.49. The van der Waals surface area contributed by atoms with Crippen molar-refractivity contribution in [3.8, 4) is 5.69 Å². The molecular formula is C17H14F3N7S. The largest absolute Gasteiger partial charge is 0.435 e. The monoisotopic (exact) mass is 405 g/mol. The SMILES string of the molecule is FC(F)(F)c1ccn(Cc2n[nH]c(=S)n2-c2cnn(Cc3ccccc3)c2)n1. The number of hydrogen-bond donors (Lipinski definition) is 1. The van der Waals surface area contributed by atoms with E-state index in [1.54, 1.807) is 21.6 Å². The van der Waals surface area contributed by atoms with E-state index in [-0.39, 0.29) is 6.54 Å². The molecule has 3 aromatic heterocycles. The first-order valence-corrected chi connectivity index (χ1v) is 8.65. The van der Waals surface area contributed by atoms with Crippen LogP contribution >= 0.6 is 12.2 Å². The fraction of sp³-hybridized carbons (Fsp3) is 0.176. The number of nitrogens with zero attached hydrogens (tertiary/aromatic N) is 6. The molecule has 11 heteroatoms. The van der Waals surface area contributed by atoms with Gasteiger partial charge in [0.2, 0.25) is 0 Å². The van der Waals surface area contributed by atoms with Gasteiger partial charge in [-0.3, -0.25) is 19.0 Å². The van der Waals surface area contributed by atoms with Gasteiger partial charge in [-0.2, -0.15) is 28.5 Å². The third-order valence-corrected chi connectivity index (χ3v) is 4.32. The molecule has 0 unspecified atom stereocenters. The number of hydrogen-bond acceptors (Lipinski definition) is 4. The van der Waals surface area contributed by atoms with Crippen LogP contribution in [0.25, 0.3) is 5.69 Å². The number of aromatic nitrogens is 7. The van der Waals surface area contributed by atoms with Crippen molar-refractivity contribution in [3.63, 3.8) is 0 Å². The summed E-state index contributed by atoms with van der Waals surface area (Å²) >= 11 is 5.27. The van der Waals surface area contributed by atoms with Crippen LogP contribution < -0.4 is 0 Å². The molecule has 1 N–H and O–H groups in total. The highest BCUT2D eigenvalue weighted by Crippen LogP contribution is 2.27. The highest BCUT2D eigenvalue weighted by atomic mass is 32.1. The summed E-state index contributed by atoms with van der Waals surface area (Å²) in [5, 5.41) is 14.7. The zero-order valence-electron chi connectivity index (χ0n) is 14.3. The fourth-order valence-electron chi connectivity index (χ4n) is 2.77. The summed E-state index contributed by atoms with van der Waals surface area (Å²) in [5.74, 6) is 0.418. The van der Waals surface area contributed by atoms with Crippen LogP contribution in [0.3, 0.4) is 0 Å². The molecule has 4 aromatic rings. The highest BCUT2D eigenvalue weighted by Gasteiger charge is 2.33. The predicted molar refractivity (Wildman–Crippen MR) is 96.4 cm³/mol. The Bertz CT molecular complexity index is 1140. The Labute approximate surface area is 162 Å². The Morgan fingerprint density at radius 1 is 1.04 bits per heavy atom. The molecule has 0 aliphatic rings. The summed E-state index contributed by atoms with van der Waals surface area (Å²) in [6.45, 7) is 0.600. The van der Waals surface area contributed by atoms with Crippen LogP contribution in [0.2, 0.25) is 0 Å². The van der Waals surface area contributed by atoms with Crippen LogP contribution in [0.15, 0.2) is 55.0 Å². The topological polar surface area (TPSA) is 69.2 Å². The normalized spacial score (nSPS) is 11.8. The van der Waals surface area contributed by atoms with E-state index in [4.69, 9.17) is 12.2 Å². The summed E-state index contributed by atoms with van der Waals surface area (Å²) < 4.78 is 43.1. The molecule has 7 nitrogen and oxygen atoms in total. The number of rotatable bonds is 5. The molecule has 0 aliphatic heterocycles. The number of aromatic amines is 1. The second kappa shape index (κ2) is 7.08. The molecule has 4 rings (SSSR count). The predicted octanol–water partition coefficient (Wildman–Crippen LogP) is 3.44. The smallest absolute Gasteiger partial charge is 0.267 e. The molecule has 0 amide bonds. The molecule has 3 heterocycles. The van der Waals surface area contributed by atoms with E-state index in [2.05, 4.69) is 20.4 Å². The molecule has 0 bridgehead atoms. The first-order chi connectivity index (χ1) is 13.4. The Morgan fingerprint density at radius 3 is 2.54 bits per heavy atom. The van der Waals surface area contributed by atoms with Gasteiger partial charge in [0, 0.05) is 12.4 Å². The van der Waals surface area contributed by atoms with Gasteiger partial charge in [0.05, 0.1) is 18.4 Å². The molecule has 0 saturated heterocycles. The number of nitrogens with one attached hydrogen (secondary N) is 1. The Hall–Kier alpha value is -3.21. The number of H-pyrrole nitrogens is 1. The summed E-state index contributed by atoms with van der Waals surface area (Å²) in [6, 6.07) is 10.7. The average Bonchev–Trinajstić information content (AvgIpc) is 3.37. The maximum Gasteiger partial charge on any atom is 0.435 e. The zero-order valence-corrected chi connectivity index (χ0v) is 15.2. The van der Waals surface area contributed by atoms with Crippen LogP contribution in [0.5, 0.6) is 0 Å². The van der Waals surface area contributed by atoms with Gasteiger partial charge in [0.15, 0.2) is 16.3 Å². The lowest BCUT2D eigenvalue weighted by atomic mass is 10.2. The van der Waals surface area contributed by atoms with Gasteiger partial charge in [-0.15, -0.1) is 0 Å². The van der Waals surface area contributed by atoms with Crippen LogP contribution in [0, 0.1) is 4.77 Å². The Morgan fingerprint density at radius 2 is 1.82 bits per heavy atom. The van der Waals surface area contributed by atoms with Crippen molar-refractivity contribution in [2.45, 2.75) is 19.3 Å². The van der Waals surface area contributed by atoms with Crippen LogP contribution in [-0.4, -0.2) is 34.3 Å². The summed E-state index contributed by atoms with van der Waals surface area (Å²) in [5.41, 5.74) is 0.793. The van der Waals surface area contributed by atoms with E-state index in [0.29, 0.717) is 22.8 Å². The van der Waals surface area contributed by atoms with Crippen molar-refractivity contribution in [2.24, 2.45) is 0 Å².